The minimum atomic E-state index is -0.866. The van der Waals surface area contributed by atoms with Crippen molar-refractivity contribution in [3.05, 3.63) is 48.0 Å². The van der Waals surface area contributed by atoms with Crippen molar-refractivity contribution in [1.29, 1.82) is 0 Å². The standard InChI is InChI=1S/C19H21N3O2/c1-11(2)17(19(23)24)22-16-7-5-4-6-15(16)21-18(22)13-9-8-12(3)14(20)10-13/h4-11,17H,20H2,1-3H3,(H,23,24). The maximum absolute atomic E-state index is 11.9. The Morgan fingerprint density at radius 1 is 1.21 bits per heavy atom. The highest BCUT2D eigenvalue weighted by molar-refractivity contribution is 5.85. The topological polar surface area (TPSA) is 81.1 Å². The molecule has 0 radical (unpaired) electrons. The smallest absolute Gasteiger partial charge is 0.327 e. The third kappa shape index (κ3) is 2.62. The van der Waals surface area contributed by atoms with Crippen molar-refractivity contribution >= 4 is 22.7 Å². The molecule has 3 N–H and O–H groups in total. The number of nitrogen functional groups attached to an aromatic ring is 1. The SMILES string of the molecule is Cc1ccc(-c2nc3ccccc3n2C(C(=O)O)C(C)C)cc1N. The van der Waals surface area contributed by atoms with Crippen molar-refractivity contribution < 1.29 is 9.90 Å². The van der Waals surface area contributed by atoms with Crippen molar-refractivity contribution in [2.24, 2.45) is 5.92 Å². The molecule has 0 aliphatic carbocycles. The largest absolute Gasteiger partial charge is 0.480 e. The molecule has 0 aliphatic rings. The van der Waals surface area contributed by atoms with Crippen LogP contribution in [0.1, 0.15) is 25.5 Å². The van der Waals surface area contributed by atoms with E-state index in [1.54, 1.807) is 0 Å². The van der Waals surface area contributed by atoms with Gasteiger partial charge in [0, 0.05) is 11.3 Å². The van der Waals surface area contributed by atoms with E-state index in [9.17, 15) is 9.90 Å². The highest BCUT2D eigenvalue weighted by Gasteiger charge is 2.28. The van der Waals surface area contributed by atoms with Crippen molar-refractivity contribution in [2.75, 3.05) is 5.73 Å². The number of fused-ring (bicyclic) bond motifs is 1. The van der Waals surface area contributed by atoms with Gasteiger partial charge in [0.1, 0.15) is 11.9 Å². The number of carboxylic acids is 1. The minimum absolute atomic E-state index is 0.0818. The molecular formula is C19H21N3O2. The summed E-state index contributed by atoms with van der Waals surface area (Å²) < 4.78 is 1.81. The Labute approximate surface area is 140 Å². The molecule has 5 nitrogen and oxygen atoms in total. The first kappa shape index (κ1) is 16.1. The molecule has 24 heavy (non-hydrogen) atoms. The van der Waals surface area contributed by atoms with E-state index < -0.39 is 12.0 Å². The Balaban J connectivity index is 2.33. The summed E-state index contributed by atoms with van der Waals surface area (Å²) in [6.07, 6.45) is 0. The second kappa shape index (κ2) is 6.00. The number of hydrogen-bond donors (Lipinski definition) is 2. The number of aliphatic carboxylic acids is 1. The third-order valence-electron chi connectivity index (χ3n) is 4.30. The van der Waals surface area contributed by atoms with Gasteiger partial charge in [-0.05, 0) is 36.6 Å². The Morgan fingerprint density at radius 2 is 1.92 bits per heavy atom. The van der Waals surface area contributed by atoms with Crippen molar-refractivity contribution in [1.82, 2.24) is 9.55 Å². The Kier molecular flexibility index (Phi) is 4.01. The summed E-state index contributed by atoms with van der Waals surface area (Å²) in [6, 6.07) is 12.6. The molecule has 0 amide bonds. The zero-order chi connectivity index (χ0) is 17.4. The summed E-state index contributed by atoms with van der Waals surface area (Å²) in [6.45, 7) is 5.75. The highest BCUT2D eigenvalue weighted by Crippen LogP contribution is 2.33. The van der Waals surface area contributed by atoms with Crippen LogP contribution in [0.2, 0.25) is 0 Å². The van der Waals surface area contributed by atoms with E-state index in [-0.39, 0.29) is 5.92 Å². The van der Waals surface area contributed by atoms with Crippen LogP contribution in [0, 0.1) is 12.8 Å². The van der Waals surface area contributed by atoms with E-state index in [0.717, 1.165) is 22.2 Å². The molecule has 0 bridgehead atoms. The number of carboxylic acid groups (broad SMARTS) is 1. The zero-order valence-corrected chi connectivity index (χ0v) is 14.0. The molecule has 1 atom stereocenters. The second-order valence-electron chi connectivity index (χ2n) is 6.39. The van der Waals surface area contributed by atoms with E-state index in [1.807, 2.05) is 67.8 Å². The van der Waals surface area contributed by atoms with Crippen molar-refractivity contribution in [3.63, 3.8) is 0 Å². The normalized spacial score (nSPS) is 12.7. The fourth-order valence-corrected chi connectivity index (χ4v) is 3.00. The average Bonchev–Trinajstić information content (AvgIpc) is 2.89. The highest BCUT2D eigenvalue weighted by atomic mass is 16.4. The number of nitrogens with two attached hydrogens (primary N) is 1. The third-order valence-corrected chi connectivity index (χ3v) is 4.30. The molecule has 3 aromatic rings. The number of anilines is 1. The molecule has 0 aliphatic heterocycles. The van der Waals surface area contributed by atoms with Crippen LogP contribution in [-0.4, -0.2) is 20.6 Å². The lowest BCUT2D eigenvalue weighted by atomic mass is 10.0. The lowest BCUT2D eigenvalue weighted by molar-refractivity contribution is -0.142. The Morgan fingerprint density at radius 3 is 2.54 bits per heavy atom. The van der Waals surface area contributed by atoms with E-state index in [2.05, 4.69) is 4.98 Å². The molecule has 1 heterocycles. The van der Waals surface area contributed by atoms with Crippen LogP contribution in [0.3, 0.4) is 0 Å². The minimum Gasteiger partial charge on any atom is -0.480 e. The molecule has 0 saturated heterocycles. The molecule has 124 valence electrons. The van der Waals surface area contributed by atoms with Crippen LogP contribution >= 0.6 is 0 Å². The number of carbonyl (C=O) groups is 1. The van der Waals surface area contributed by atoms with Crippen LogP contribution < -0.4 is 5.73 Å². The molecule has 3 rings (SSSR count). The predicted octanol–water partition coefficient (Wildman–Crippen LogP) is 3.88. The summed E-state index contributed by atoms with van der Waals surface area (Å²) in [7, 11) is 0. The number of benzene rings is 2. The zero-order valence-electron chi connectivity index (χ0n) is 14.0. The summed E-state index contributed by atoms with van der Waals surface area (Å²) in [4.78, 5) is 16.6. The Bertz CT molecular complexity index is 912. The van der Waals surface area contributed by atoms with Gasteiger partial charge in [-0.15, -0.1) is 0 Å². The predicted molar refractivity (Wildman–Crippen MR) is 95.8 cm³/mol. The number of aromatic nitrogens is 2. The van der Waals surface area contributed by atoms with Gasteiger partial charge in [-0.2, -0.15) is 0 Å². The van der Waals surface area contributed by atoms with E-state index in [0.29, 0.717) is 11.5 Å². The average molecular weight is 323 g/mol. The fourth-order valence-electron chi connectivity index (χ4n) is 3.00. The maximum Gasteiger partial charge on any atom is 0.327 e. The van der Waals surface area contributed by atoms with E-state index in [1.165, 1.54) is 0 Å². The van der Waals surface area contributed by atoms with Gasteiger partial charge in [-0.3, -0.25) is 0 Å². The van der Waals surface area contributed by atoms with Crippen LogP contribution in [0.25, 0.3) is 22.4 Å². The fraction of sp³-hybridized carbons (Fsp3) is 0.263. The first-order chi connectivity index (χ1) is 11.4. The van der Waals surface area contributed by atoms with Gasteiger partial charge < -0.3 is 15.4 Å². The van der Waals surface area contributed by atoms with Crippen molar-refractivity contribution in [3.8, 4) is 11.4 Å². The van der Waals surface area contributed by atoms with Gasteiger partial charge in [0.05, 0.1) is 11.0 Å². The first-order valence-corrected chi connectivity index (χ1v) is 7.96. The summed E-state index contributed by atoms with van der Waals surface area (Å²) in [5.74, 6) is -0.319. The summed E-state index contributed by atoms with van der Waals surface area (Å²) in [5, 5.41) is 9.77. The van der Waals surface area contributed by atoms with Gasteiger partial charge in [0.25, 0.3) is 0 Å². The van der Waals surface area contributed by atoms with E-state index in [4.69, 9.17) is 5.73 Å². The number of hydrogen-bond acceptors (Lipinski definition) is 3. The number of rotatable bonds is 4. The Hall–Kier alpha value is -2.82. The van der Waals surface area contributed by atoms with Gasteiger partial charge in [-0.25, -0.2) is 9.78 Å². The number of imidazole rings is 1. The quantitative estimate of drug-likeness (QED) is 0.714. The molecule has 1 aromatic heterocycles. The van der Waals surface area contributed by atoms with Crippen LogP contribution in [0.5, 0.6) is 0 Å². The monoisotopic (exact) mass is 323 g/mol. The molecule has 0 fully saturated rings. The first-order valence-electron chi connectivity index (χ1n) is 7.96. The second-order valence-corrected chi connectivity index (χ2v) is 6.39. The van der Waals surface area contributed by atoms with E-state index >= 15 is 0 Å². The van der Waals surface area contributed by atoms with Gasteiger partial charge in [0.2, 0.25) is 0 Å². The number of para-hydroxylation sites is 2. The molecular weight excluding hydrogens is 302 g/mol. The summed E-state index contributed by atoms with van der Waals surface area (Å²) >= 11 is 0. The van der Waals surface area contributed by atoms with Crippen LogP contribution in [0.4, 0.5) is 5.69 Å². The molecule has 0 spiro atoms. The van der Waals surface area contributed by atoms with Crippen LogP contribution in [-0.2, 0) is 4.79 Å². The maximum atomic E-state index is 11.9. The molecule has 1 unspecified atom stereocenters. The van der Waals surface area contributed by atoms with Gasteiger partial charge in [-0.1, -0.05) is 38.1 Å². The summed E-state index contributed by atoms with van der Waals surface area (Å²) in [5.41, 5.74) is 10.1. The molecule has 5 heteroatoms. The van der Waals surface area contributed by atoms with Gasteiger partial charge >= 0.3 is 5.97 Å². The molecule has 0 saturated carbocycles. The van der Waals surface area contributed by atoms with Gasteiger partial charge in [0.15, 0.2) is 0 Å². The lowest BCUT2D eigenvalue weighted by Gasteiger charge is -2.21. The number of aryl methyl sites for hydroxylation is 1. The molecule has 2 aromatic carbocycles. The van der Waals surface area contributed by atoms with Crippen molar-refractivity contribution in [2.45, 2.75) is 26.8 Å². The number of nitrogens with zero attached hydrogens (tertiary/aromatic N) is 2. The lowest BCUT2D eigenvalue weighted by Crippen LogP contribution is -2.24. The van der Waals surface area contributed by atoms with Crippen LogP contribution in [0.15, 0.2) is 42.5 Å².